The first-order valence-corrected chi connectivity index (χ1v) is 16.6. The highest BCUT2D eigenvalue weighted by molar-refractivity contribution is 7.10. The van der Waals surface area contributed by atoms with Crippen molar-refractivity contribution in [3.63, 3.8) is 0 Å². The van der Waals surface area contributed by atoms with Crippen molar-refractivity contribution in [2.24, 2.45) is 17.8 Å². The van der Waals surface area contributed by atoms with E-state index in [1.807, 2.05) is 13.8 Å². The lowest BCUT2D eigenvalue weighted by molar-refractivity contribution is -0.148. The number of amides is 2. The summed E-state index contributed by atoms with van der Waals surface area (Å²) in [5.41, 5.74) is -1.00. The molecule has 250 valence electrons. The minimum absolute atomic E-state index is 0.0213. The fraction of sp³-hybridized carbons (Fsp3) is 0.667. The van der Waals surface area contributed by atoms with E-state index in [2.05, 4.69) is 15.3 Å². The summed E-state index contributed by atoms with van der Waals surface area (Å²) in [5, 5.41) is 5.70. The van der Waals surface area contributed by atoms with Crippen molar-refractivity contribution >= 4 is 46.4 Å². The van der Waals surface area contributed by atoms with E-state index in [1.54, 1.807) is 18.9 Å². The molecular formula is C30H41F3N4O6S2. The Kier molecular flexibility index (Phi) is 12.9. The Morgan fingerprint density at radius 3 is 2.33 bits per heavy atom. The second kappa shape index (κ2) is 16.0. The minimum Gasteiger partial charge on any atom is -0.469 e. The molecule has 45 heavy (non-hydrogen) atoms. The van der Waals surface area contributed by atoms with E-state index < -0.39 is 47.8 Å². The number of ether oxygens (including phenoxy) is 2. The number of hydrogen-bond donors (Lipinski definition) is 1. The van der Waals surface area contributed by atoms with Crippen molar-refractivity contribution in [3.05, 3.63) is 32.2 Å². The number of carbonyl (C=O) groups excluding carboxylic acids is 4. The number of methoxy groups -OCH3 is 1. The number of rotatable bonds is 16. The highest BCUT2D eigenvalue weighted by Crippen LogP contribution is 2.35. The van der Waals surface area contributed by atoms with Gasteiger partial charge in [0.05, 0.1) is 18.0 Å². The summed E-state index contributed by atoms with van der Waals surface area (Å²) in [7, 11) is 2.98. The van der Waals surface area contributed by atoms with E-state index in [1.165, 1.54) is 19.4 Å². The van der Waals surface area contributed by atoms with Gasteiger partial charge in [0.15, 0.2) is 11.8 Å². The van der Waals surface area contributed by atoms with Gasteiger partial charge in [-0.25, -0.2) is 9.97 Å². The third-order valence-electron chi connectivity index (χ3n) is 7.76. The SMILES string of the molecule is COC(=O)C(C)CC(Cc1nc(C(F)(F)F)cs1)NC(=O)c1csc(C(CC(C(C)C)N(C)C(=O)CCC2CC2)OC(C)=O)n1. The number of aromatic nitrogens is 2. The predicted octanol–water partition coefficient (Wildman–Crippen LogP) is 5.83. The van der Waals surface area contributed by atoms with Gasteiger partial charge in [0.2, 0.25) is 5.91 Å². The number of nitrogens with one attached hydrogen (secondary N) is 1. The van der Waals surface area contributed by atoms with Crippen molar-refractivity contribution in [2.45, 2.75) is 97.0 Å². The predicted molar refractivity (Wildman–Crippen MR) is 162 cm³/mol. The van der Waals surface area contributed by atoms with Crippen molar-refractivity contribution in [1.82, 2.24) is 20.2 Å². The summed E-state index contributed by atoms with van der Waals surface area (Å²) in [5.74, 6) is -1.64. The number of carbonyl (C=O) groups is 4. The second-order valence-electron chi connectivity index (χ2n) is 11.9. The first-order chi connectivity index (χ1) is 21.1. The average Bonchev–Trinajstić information content (AvgIpc) is 3.43. The van der Waals surface area contributed by atoms with Crippen LogP contribution in [-0.4, -0.2) is 64.9 Å². The number of esters is 2. The Labute approximate surface area is 269 Å². The van der Waals surface area contributed by atoms with E-state index >= 15 is 0 Å². The Bertz CT molecular complexity index is 1330. The summed E-state index contributed by atoms with van der Waals surface area (Å²) in [6.45, 7) is 6.84. The number of halogens is 3. The lowest BCUT2D eigenvalue weighted by atomic mass is 9.96. The Morgan fingerprint density at radius 2 is 1.78 bits per heavy atom. The summed E-state index contributed by atoms with van der Waals surface area (Å²) in [6, 6.07) is -1.01. The van der Waals surface area contributed by atoms with Crippen molar-refractivity contribution < 1.29 is 41.8 Å². The Morgan fingerprint density at radius 1 is 1.09 bits per heavy atom. The van der Waals surface area contributed by atoms with Crippen LogP contribution in [0.3, 0.4) is 0 Å². The molecule has 0 saturated heterocycles. The van der Waals surface area contributed by atoms with Gasteiger partial charge < -0.3 is 19.7 Å². The second-order valence-corrected chi connectivity index (χ2v) is 13.7. The van der Waals surface area contributed by atoms with Crippen LogP contribution in [0.2, 0.25) is 0 Å². The molecule has 1 aliphatic rings. The van der Waals surface area contributed by atoms with Crippen LogP contribution in [0.4, 0.5) is 13.2 Å². The molecule has 1 aliphatic carbocycles. The molecule has 3 rings (SSSR count). The molecule has 1 N–H and O–H groups in total. The van der Waals surface area contributed by atoms with Gasteiger partial charge in [-0.2, -0.15) is 13.2 Å². The Hall–Kier alpha value is -3.07. The fourth-order valence-corrected chi connectivity index (χ4v) is 6.78. The molecule has 2 aromatic rings. The van der Waals surface area contributed by atoms with Crippen LogP contribution in [0.25, 0.3) is 0 Å². The van der Waals surface area contributed by atoms with Crippen molar-refractivity contribution in [2.75, 3.05) is 14.2 Å². The van der Waals surface area contributed by atoms with E-state index in [4.69, 9.17) is 9.47 Å². The molecule has 2 amide bonds. The number of nitrogens with zero attached hydrogens (tertiary/aromatic N) is 3. The topological polar surface area (TPSA) is 128 Å². The maximum atomic E-state index is 13.3. The maximum Gasteiger partial charge on any atom is 0.434 e. The van der Waals surface area contributed by atoms with Crippen LogP contribution in [-0.2, 0) is 36.5 Å². The number of thiazole rings is 2. The molecule has 0 spiro atoms. The quantitative estimate of drug-likeness (QED) is 0.221. The highest BCUT2D eigenvalue weighted by atomic mass is 32.1. The first kappa shape index (κ1) is 36.4. The molecule has 10 nitrogen and oxygen atoms in total. The zero-order chi connectivity index (χ0) is 33.5. The third-order valence-corrected chi connectivity index (χ3v) is 9.57. The molecule has 15 heteroatoms. The third kappa shape index (κ3) is 11.0. The molecule has 0 aromatic carbocycles. The smallest absolute Gasteiger partial charge is 0.434 e. The minimum atomic E-state index is -4.60. The van der Waals surface area contributed by atoms with Gasteiger partial charge in [-0.15, -0.1) is 22.7 Å². The van der Waals surface area contributed by atoms with Crippen LogP contribution in [0, 0.1) is 17.8 Å². The first-order valence-electron chi connectivity index (χ1n) is 14.9. The summed E-state index contributed by atoms with van der Waals surface area (Å²) >= 11 is 1.94. The van der Waals surface area contributed by atoms with Crippen molar-refractivity contribution in [1.29, 1.82) is 0 Å². The van der Waals surface area contributed by atoms with Crippen LogP contribution in [0.1, 0.15) is 98.5 Å². The van der Waals surface area contributed by atoms with Crippen LogP contribution < -0.4 is 5.32 Å². The van der Waals surface area contributed by atoms with Crippen molar-refractivity contribution in [3.8, 4) is 0 Å². The van der Waals surface area contributed by atoms with Gasteiger partial charge >= 0.3 is 18.1 Å². The molecule has 4 atom stereocenters. The zero-order valence-corrected chi connectivity index (χ0v) is 27.9. The molecular weight excluding hydrogens is 633 g/mol. The summed E-state index contributed by atoms with van der Waals surface area (Å²) in [4.78, 5) is 60.2. The lowest BCUT2D eigenvalue weighted by Crippen LogP contribution is -2.41. The maximum absolute atomic E-state index is 13.3. The van der Waals surface area contributed by atoms with Crippen LogP contribution in [0.5, 0.6) is 0 Å². The van der Waals surface area contributed by atoms with Crippen LogP contribution >= 0.6 is 22.7 Å². The zero-order valence-electron chi connectivity index (χ0n) is 26.3. The highest BCUT2D eigenvalue weighted by Gasteiger charge is 2.35. The van der Waals surface area contributed by atoms with Gasteiger partial charge in [0.1, 0.15) is 10.7 Å². The van der Waals surface area contributed by atoms with Gasteiger partial charge in [-0.3, -0.25) is 19.2 Å². The fourth-order valence-electron chi connectivity index (χ4n) is 5.05. The summed E-state index contributed by atoms with van der Waals surface area (Å²) < 4.78 is 49.7. The van der Waals surface area contributed by atoms with Gasteiger partial charge in [0.25, 0.3) is 5.91 Å². The van der Waals surface area contributed by atoms with Gasteiger partial charge in [0, 0.05) is 56.1 Å². The summed E-state index contributed by atoms with van der Waals surface area (Å²) in [6.07, 6.45) is -1.45. The Balaban J connectivity index is 1.77. The average molecular weight is 675 g/mol. The van der Waals surface area contributed by atoms with E-state index in [0.717, 1.165) is 47.3 Å². The monoisotopic (exact) mass is 674 g/mol. The van der Waals surface area contributed by atoms with E-state index in [0.29, 0.717) is 17.3 Å². The normalized spacial score (nSPS) is 16.0. The molecule has 0 bridgehead atoms. The van der Waals surface area contributed by atoms with Gasteiger partial charge in [-0.05, 0) is 24.7 Å². The molecule has 0 radical (unpaired) electrons. The molecule has 2 heterocycles. The standard InChI is InChI=1S/C30H41F3N4O6S2/c1-16(2)22(37(5)26(39)10-9-19-7-8-19)13-23(43-18(4)38)28-35-21(14-45-28)27(40)34-20(11-17(3)29(41)42-6)12-25-36-24(15-44-25)30(31,32)33/h14-17,19-20,22-23H,7-13H2,1-6H3,(H,34,40). The van der Waals surface area contributed by atoms with E-state index in [-0.39, 0.29) is 47.8 Å². The number of hydrogen-bond acceptors (Lipinski definition) is 10. The number of alkyl halides is 3. The molecule has 1 saturated carbocycles. The molecule has 2 aromatic heterocycles. The van der Waals surface area contributed by atoms with Gasteiger partial charge in [-0.1, -0.05) is 33.6 Å². The largest absolute Gasteiger partial charge is 0.469 e. The van der Waals surface area contributed by atoms with Crippen LogP contribution in [0.15, 0.2) is 10.8 Å². The van der Waals surface area contributed by atoms with E-state index in [9.17, 15) is 32.3 Å². The molecule has 1 fully saturated rings. The molecule has 4 unspecified atom stereocenters. The lowest BCUT2D eigenvalue weighted by Gasteiger charge is -2.33. The molecule has 0 aliphatic heterocycles.